The summed E-state index contributed by atoms with van der Waals surface area (Å²) < 4.78 is 0. The molecular formula is C36H26N2. The number of pyridine rings is 2. The smallest absolute Gasteiger partial charge is 0.0715 e. The first-order valence-electron chi connectivity index (χ1n) is 13.2. The molecule has 0 saturated carbocycles. The van der Waals surface area contributed by atoms with Gasteiger partial charge in [0.1, 0.15) is 0 Å². The summed E-state index contributed by atoms with van der Waals surface area (Å²) in [4.78, 5) is 10.1. The molecule has 180 valence electrons. The van der Waals surface area contributed by atoms with E-state index < -0.39 is 0 Å². The van der Waals surface area contributed by atoms with E-state index in [0.29, 0.717) is 0 Å². The Kier molecular flexibility index (Phi) is 5.64. The predicted molar refractivity (Wildman–Crippen MR) is 160 cm³/mol. The van der Waals surface area contributed by atoms with Crippen molar-refractivity contribution in [3.05, 3.63) is 139 Å². The Morgan fingerprint density at radius 2 is 1.03 bits per heavy atom. The van der Waals surface area contributed by atoms with E-state index in [0.717, 1.165) is 51.8 Å². The van der Waals surface area contributed by atoms with Crippen molar-refractivity contribution < 1.29 is 0 Å². The van der Waals surface area contributed by atoms with Crippen LogP contribution in [-0.2, 0) is 0 Å². The molecule has 0 N–H and O–H groups in total. The second kappa shape index (κ2) is 9.57. The van der Waals surface area contributed by atoms with Gasteiger partial charge >= 0.3 is 0 Å². The van der Waals surface area contributed by atoms with Crippen molar-refractivity contribution in [2.45, 2.75) is 12.8 Å². The molecule has 6 aromatic rings. The largest absolute Gasteiger partial charge is 0.248 e. The van der Waals surface area contributed by atoms with Crippen LogP contribution in [0.4, 0.5) is 0 Å². The first-order chi connectivity index (χ1) is 18.8. The lowest BCUT2D eigenvalue weighted by Crippen LogP contribution is -1.94. The van der Waals surface area contributed by atoms with Crippen molar-refractivity contribution in [2.24, 2.45) is 0 Å². The number of benzene rings is 4. The molecule has 38 heavy (non-hydrogen) atoms. The number of allylic oxidation sites excluding steroid dienone is 4. The molecule has 0 unspecified atom stereocenters. The Morgan fingerprint density at radius 1 is 0.474 bits per heavy atom. The highest BCUT2D eigenvalue weighted by Gasteiger charge is 2.13. The van der Waals surface area contributed by atoms with Crippen LogP contribution in [-0.4, -0.2) is 9.97 Å². The zero-order valence-electron chi connectivity index (χ0n) is 21.0. The van der Waals surface area contributed by atoms with Gasteiger partial charge in [-0.15, -0.1) is 0 Å². The van der Waals surface area contributed by atoms with Crippen molar-refractivity contribution >= 4 is 27.4 Å². The van der Waals surface area contributed by atoms with Gasteiger partial charge in [-0.25, -0.2) is 9.97 Å². The Labute approximate surface area is 222 Å². The molecule has 7 rings (SSSR count). The fourth-order valence-corrected chi connectivity index (χ4v) is 5.37. The molecule has 2 nitrogen and oxygen atoms in total. The molecule has 0 atom stereocenters. The van der Waals surface area contributed by atoms with Gasteiger partial charge < -0.3 is 0 Å². The SMILES string of the molecule is C1=CC(c2cc(-c3ccc(-c4cc(-c5ccccc5)c5ccccc5n4)cc3)nc3ccccc23)=CCC1. The summed E-state index contributed by atoms with van der Waals surface area (Å²) in [7, 11) is 0. The Morgan fingerprint density at radius 3 is 1.63 bits per heavy atom. The van der Waals surface area contributed by atoms with E-state index in [1.807, 2.05) is 0 Å². The summed E-state index contributed by atoms with van der Waals surface area (Å²) in [6, 6.07) is 40.5. The molecule has 0 fully saturated rings. The fraction of sp³-hybridized carbons (Fsp3) is 0.0556. The lowest BCUT2D eigenvalue weighted by Gasteiger charge is -2.13. The van der Waals surface area contributed by atoms with Crippen molar-refractivity contribution in [3.8, 4) is 33.6 Å². The predicted octanol–water partition coefficient (Wildman–Crippen LogP) is 9.52. The first kappa shape index (κ1) is 22.4. The number of rotatable bonds is 4. The Hall–Kier alpha value is -4.82. The zero-order valence-corrected chi connectivity index (χ0v) is 21.0. The third-order valence-electron chi connectivity index (χ3n) is 7.30. The molecule has 0 saturated heterocycles. The van der Waals surface area contributed by atoms with Crippen LogP contribution in [0.25, 0.3) is 61.0 Å². The normalized spacial score (nSPS) is 13.1. The average Bonchev–Trinajstić information content (AvgIpc) is 3.01. The van der Waals surface area contributed by atoms with Crippen LogP contribution in [0, 0.1) is 0 Å². The number of nitrogens with zero attached hydrogens (tertiary/aromatic N) is 2. The minimum Gasteiger partial charge on any atom is -0.248 e. The Balaban J connectivity index is 1.32. The number of para-hydroxylation sites is 2. The molecule has 2 heterocycles. The van der Waals surface area contributed by atoms with E-state index in [4.69, 9.17) is 9.97 Å². The van der Waals surface area contributed by atoms with Gasteiger partial charge in [0, 0.05) is 21.9 Å². The molecule has 0 bridgehead atoms. The maximum atomic E-state index is 5.03. The van der Waals surface area contributed by atoms with Gasteiger partial charge in [0.2, 0.25) is 0 Å². The molecule has 1 aliphatic carbocycles. The van der Waals surface area contributed by atoms with E-state index in [-0.39, 0.29) is 0 Å². The lowest BCUT2D eigenvalue weighted by molar-refractivity contribution is 1.04. The van der Waals surface area contributed by atoms with E-state index in [1.54, 1.807) is 0 Å². The maximum Gasteiger partial charge on any atom is 0.0715 e. The van der Waals surface area contributed by atoms with Crippen LogP contribution in [0.1, 0.15) is 18.4 Å². The standard InChI is InChI=1S/C36H26N2/c1-3-11-25(12-4-1)31-23-35(37-33-17-9-7-15-29(31)33)27-19-21-28(22-20-27)36-24-32(26-13-5-2-6-14-26)30-16-8-10-18-34(30)38-36/h1,3-5,7-24H,2,6H2. The summed E-state index contributed by atoms with van der Waals surface area (Å²) >= 11 is 0. The monoisotopic (exact) mass is 486 g/mol. The second-order valence-corrected chi connectivity index (χ2v) is 9.73. The molecule has 4 aromatic carbocycles. The van der Waals surface area contributed by atoms with E-state index in [9.17, 15) is 0 Å². The third-order valence-corrected chi connectivity index (χ3v) is 7.30. The lowest BCUT2D eigenvalue weighted by atomic mass is 9.94. The topological polar surface area (TPSA) is 25.8 Å². The summed E-state index contributed by atoms with van der Waals surface area (Å²) in [6.45, 7) is 0. The van der Waals surface area contributed by atoms with E-state index in [1.165, 1.54) is 27.6 Å². The van der Waals surface area contributed by atoms with Gasteiger partial charge in [-0.05, 0) is 59.4 Å². The highest BCUT2D eigenvalue weighted by Crippen LogP contribution is 2.34. The van der Waals surface area contributed by atoms with Gasteiger partial charge in [-0.1, -0.05) is 109 Å². The first-order valence-corrected chi connectivity index (χ1v) is 13.2. The van der Waals surface area contributed by atoms with Crippen LogP contribution >= 0.6 is 0 Å². The molecule has 0 spiro atoms. The van der Waals surface area contributed by atoms with Gasteiger partial charge in [0.15, 0.2) is 0 Å². The quantitative estimate of drug-likeness (QED) is 0.248. The number of fused-ring (bicyclic) bond motifs is 2. The van der Waals surface area contributed by atoms with Crippen molar-refractivity contribution in [2.75, 3.05) is 0 Å². The van der Waals surface area contributed by atoms with Gasteiger partial charge in [-0.2, -0.15) is 0 Å². The zero-order chi connectivity index (χ0) is 25.3. The van der Waals surface area contributed by atoms with Crippen LogP contribution in [0.15, 0.2) is 133 Å². The van der Waals surface area contributed by atoms with Crippen LogP contribution in [0.2, 0.25) is 0 Å². The van der Waals surface area contributed by atoms with Gasteiger partial charge in [-0.3, -0.25) is 0 Å². The molecule has 1 aliphatic rings. The van der Waals surface area contributed by atoms with E-state index in [2.05, 4.69) is 133 Å². The minimum absolute atomic E-state index is 0.971. The minimum atomic E-state index is 0.971. The molecule has 0 amide bonds. The number of hydrogen-bond acceptors (Lipinski definition) is 2. The van der Waals surface area contributed by atoms with Crippen molar-refractivity contribution in [1.82, 2.24) is 9.97 Å². The molecule has 0 aliphatic heterocycles. The summed E-state index contributed by atoms with van der Waals surface area (Å²) in [5, 5.41) is 2.36. The molecule has 0 radical (unpaired) electrons. The highest BCUT2D eigenvalue weighted by atomic mass is 14.7. The van der Waals surface area contributed by atoms with Gasteiger partial charge in [0.05, 0.1) is 22.4 Å². The Bertz CT molecular complexity index is 1850. The number of hydrogen-bond donors (Lipinski definition) is 0. The maximum absolute atomic E-state index is 5.03. The summed E-state index contributed by atoms with van der Waals surface area (Å²) in [5.74, 6) is 0. The van der Waals surface area contributed by atoms with Crippen LogP contribution < -0.4 is 0 Å². The van der Waals surface area contributed by atoms with Crippen molar-refractivity contribution in [3.63, 3.8) is 0 Å². The second-order valence-electron chi connectivity index (χ2n) is 9.73. The highest BCUT2D eigenvalue weighted by molar-refractivity contribution is 5.98. The van der Waals surface area contributed by atoms with Crippen LogP contribution in [0.3, 0.4) is 0 Å². The average molecular weight is 487 g/mol. The van der Waals surface area contributed by atoms with Crippen molar-refractivity contribution in [1.29, 1.82) is 0 Å². The van der Waals surface area contributed by atoms with E-state index >= 15 is 0 Å². The fourth-order valence-electron chi connectivity index (χ4n) is 5.37. The third kappa shape index (κ3) is 4.10. The molecule has 2 aromatic heterocycles. The summed E-state index contributed by atoms with van der Waals surface area (Å²) in [5.41, 5.74) is 11.1. The molecule has 2 heteroatoms. The molecular weight excluding hydrogens is 460 g/mol. The number of aromatic nitrogens is 2. The van der Waals surface area contributed by atoms with Gasteiger partial charge in [0.25, 0.3) is 0 Å². The van der Waals surface area contributed by atoms with Crippen LogP contribution in [0.5, 0.6) is 0 Å². The summed E-state index contributed by atoms with van der Waals surface area (Å²) in [6.07, 6.45) is 9.03.